The number of nitrogens with zero attached hydrogens (tertiary/aromatic N) is 1. The molecule has 0 aliphatic rings. The van der Waals surface area contributed by atoms with E-state index in [0.29, 0.717) is 16.8 Å². The van der Waals surface area contributed by atoms with Crippen LogP contribution in [0.5, 0.6) is 0 Å². The molecule has 7 heteroatoms. The van der Waals surface area contributed by atoms with Crippen molar-refractivity contribution in [1.29, 1.82) is 0 Å². The minimum Gasteiger partial charge on any atom is -0.322 e. The first kappa shape index (κ1) is 15.9. The zero-order valence-corrected chi connectivity index (χ0v) is 14.6. The highest BCUT2D eigenvalue weighted by Gasteiger charge is 2.14. The van der Waals surface area contributed by atoms with Crippen molar-refractivity contribution in [2.75, 3.05) is 5.32 Å². The van der Waals surface area contributed by atoms with Gasteiger partial charge in [-0.05, 0) is 59.8 Å². The monoisotopic (exact) mass is 460 g/mol. The minimum atomic E-state index is -0.446. The molecule has 0 atom stereocenters. The van der Waals surface area contributed by atoms with E-state index in [1.54, 1.807) is 19.1 Å². The van der Waals surface area contributed by atoms with Gasteiger partial charge in [0.25, 0.3) is 11.6 Å². The summed E-state index contributed by atoms with van der Waals surface area (Å²) in [6.45, 7) is 1.64. The molecule has 0 aliphatic carbocycles. The summed E-state index contributed by atoms with van der Waals surface area (Å²) in [5.74, 6) is -0.256. The molecule has 21 heavy (non-hydrogen) atoms. The van der Waals surface area contributed by atoms with Gasteiger partial charge in [0.2, 0.25) is 0 Å². The summed E-state index contributed by atoms with van der Waals surface area (Å²) in [4.78, 5) is 22.6. The number of hydrogen-bond donors (Lipinski definition) is 1. The second-order valence-corrected chi connectivity index (χ2v) is 6.41. The highest BCUT2D eigenvalue weighted by atomic mass is 127. The Labute approximate surface area is 143 Å². The van der Waals surface area contributed by atoms with Gasteiger partial charge in [-0.15, -0.1) is 0 Å². The number of nitro benzene ring substituents is 1. The summed E-state index contributed by atoms with van der Waals surface area (Å²) >= 11 is 5.41. The number of nitrogens with one attached hydrogen (secondary N) is 1. The number of rotatable bonds is 3. The van der Waals surface area contributed by atoms with Crippen molar-refractivity contribution < 1.29 is 9.72 Å². The molecule has 0 fully saturated rings. The van der Waals surface area contributed by atoms with Crippen LogP contribution >= 0.6 is 38.5 Å². The van der Waals surface area contributed by atoms with Crippen molar-refractivity contribution in [1.82, 2.24) is 0 Å². The Balaban J connectivity index is 2.26. The molecule has 1 amide bonds. The lowest BCUT2D eigenvalue weighted by Crippen LogP contribution is -2.13. The summed E-state index contributed by atoms with van der Waals surface area (Å²) in [7, 11) is 0. The third kappa shape index (κ3) is 3.79. The van der Waals surface area contributed by atoms with Crippen LogP contribution in [-0.4, -0.2) is 10.8 Å². The van der Waals surface area contributed by atoms with Gasteiger partial charge in [0, 0.05) is 25.4 Å². The van der Waals surface area contributed by atoms with Crippen LogP contribution in [0.3, 0.4) is 0 Å². The van der Waals surface area contributed by atoms with E-state index in [0.717, 1.165) is 8.04 Å². The predicted molar refractivity (Wildman–Crippen MR) is 92.6 cm³/mol. The summed E-state index contributed by atoms with van der Waals surface area (Å²) in [6.07, 6.45) is 0. The molecule has 2 aromatic rings. The molecule has 5 nitrogen and oxygen atoms in total. The van der Waals surface area contributed by atoms with Crippen LogP contribution in [0.2, 0.25) is 0 Å². The number of halogens is 2. The Morgan fingerprint density at radius 2 is 2.00 bits per heavy atom. The SMILES string of the molecule is Cc1cc(NC(=O)c2cc(Br)ccc2I)ccc1[N+](=O)[O-]. The fourth-order valence-corrected chi connectivity index (χ4v) is 2.75. The molecule has 2 aromatic carbocycles. The highest BCUT2D eigenvalue weighted by molar-refractivity contribution is 14.1. The van der Waals surface area contributed by atoms with E-state index in [1.165, 1.54) is 12.1 Å². The van der Waals surface area contributed by atoms with Crippen LogP contribution in [0.1, 0.15) is 15.9 Å². The smallest absolute Gasteiger partial charge is 0.272 e. The molecule has 0 aromatic heterocycles. The van der Waals surface area contributed by atoms with Gasteiger partial charge in [-0.3, -0.25) is 14.9 Å². The van der Waals surface area contributed by atoms with Crippen molar-refractivity contribution in [3.8, 4) is 0 Å². The maximum Gasteiger partial charge on any atom is 0.272 e. The largest absolute Gasteiger partial charge is 0.322 e. The lowest BCUT2D eigenvalue weighted by molar-refractivity contribution is -0.385. The Kier molecular flexibility index (Phi) is 4.94. The number of amides is 1. The zero-order chi connectivity index (χ0) is 15.6. The summed E-state index contributed by atoms with van der Waals surface area (Å²) in [5, 5.41) is 13.5. The van der Waals surface area contributed by atoms with Crippen LogP contribution in [0.4, 0.5) is 11.4 Å². The molecule has 0 unspecified atom stereocenters. The molecule has 1 N–H and O–H groups in total. The fourth-order valence-electron chi connectivity index (χ4n) is 1.81. The molecule has 2 rings (SSSR count). The number of benzene rings is 2. The molecule has 0 radical (unpaired) electrons. The van der Waals surface area contributed by atoms with E-state index in [9.17, 15) is 14.9 Å². The summed E-state index contributed by atoms with van der Waals surface area (Å²) < 4.78 is 1.64. The molecule has 0 heterocycles. The van der Waals surface area contributed by atoms with Gasteiger partial charge in [-0.25, -0.2) is 0 Å². The second-order valence-electron chi connectivity index (χ2n) is 4.34. The van der Waals surface area contributed by atoms with Crippen LogP contribution in [0.25, 0.3) is 0 Å². The molecular weight excluding hydrogens is 451 g/mol. The second kappa shape index (κ2) is 6.52. The van der Waals surface area contributed by atoms with Gasteiger partial charge >= 0.3 is 0 Å². The fraction of sp³-hybridized carbons (Fsp3) is 0.0714. The Morgan fingerprint density at radius 3 is 2.62 bits per heavy atom. The molecule has 108 valence electrons. The first-order valence-corrected chi connectivity index (χ1v) is 7.77. The van der Waals surface area contributed by atoms with Crippen LogP contribution in [0.15, 0.2) is 40.9 Å². The average Bonchev–Trinajstić information content (AvgIpc) is 2.41. The molecule has 0 saturated carbocycles. The number of hydrogen-bond acceptors (Lipinski definition) is 3. The average molecular weight is 461 g/mol. The maximum atomic E-state index is 12.2. The molecular formula is C14H10BrIN2O3. The van der Waals surface area contributed by atoms with Crippen molar-refractivity contribution in [3.63, 3.8) is 0 Å². The maximum absolute atomic E-state index is 12.2. The third-order valence-electron chi connectivity index (χ3n) is 2.82. The lowest BCUT2D eigenvalue weighted by Gasteiger charge is -2.08. The van der Waals surface area contributed by atoms with E-state index >= 15 is 0 Å². The van der Waals surface area contributed by atoms with E-state index in [4.69, 9.17) is 0 Å². The van der Waals surface area contributed by atoms with Gasteiger partial charge in [-0.1, -0.05) is 15.9 Å². The van der Waals surface area contributed by atoms with E-state index < -0.39 is 4.92 Å². The van der Waals surface area contributed by atoms with Crippen molar-refractivity contribution >= 4 is 55.8 Å². The quantitative estimate of drug-likeness (QED) is 0.415. The molecule has 0 saturated heterocycles. The van der Waals surface area contributed by atoms with Gasteiger partial charge in [-0.2, -0.15) is 0 Å². The predicted octanol–water partition coefficient (Wildman–Crippen LogP) is 4.52. The van der Waals surface area contributed by atoms with Crippen LogP contribution in [-0.2, 0) is 0 Å². The van der Waals surface area contributed by atoms with Crippen LogP contribution < -0.4 is 5.32 Å². The minimum absolute atomic E-state index is 0.0324. The third-order valence-corrected chi connectivity index (χ3v) is 4.26. The van der Waals surface area contributed by atoms with Crippen molar-refractivity contribution in [3.05, 3.63) is 65.7 Å². The number of carbonyl (C=O) groups is 1. The van der Waals surface area contributed by atoms with E-state index in [-0.39, 0.29) is 11.6 Å². The topological polar surface area (TPSA) is 72.2 Å². The van der Waals surface area contributed by atoms with Gasteiger partial charge < -0.3 is 5.32 Å². The van der Waals surface area contributed by atoms with Crippen molar-refractivity contribution in [2.24, 2.45) is 0 Å². The zero-order valence-electron chi connectivity index (χ0n) is 10.9. The Bertz CT molecular complexity index is 734. The summed E-state index contributed by atoms with van der Waals surface area (Å²) in [6, 6.07) is 9.91. The Hall–Kier alpha value is -1.48. The molecule has 0 spiro atoms. The first-order valence-electron chi connectivity index (χ1n) is 5.90. The van der Waals surface area contributed by atoms with Crippen LogP contribution in [0, 0.1) is 20.6 Å². The lowest BCUT2D eigenvalue weighted by atomic mass is 10.1. The molecule has 0 bridgehead atoms. The van der Waals surface area contributed by atoms with Gasteiger partial charge in [0.1, 0.15) is 0 Å². The normalized spacial score (nSPS) is 10.2. The van der Waals surface area contributed by atoms with Gasteiger partial charge in [0.05, 0.1) is 10.5 Å². The summed E-state index contributed by atoms with van der Waals surface area (Å²) in [5.41, 5.74) is 1.60. The Morgan fingerprint density at radius 1 is 1.29 bits per heavy atom. The van der Waals surface area contributed by atoms with E-state index in [1.807, 2.05) is 12.1 Å². The standard InChI is InChI=1S/C14H10BrIN2O3/c1-8-6-10(3-5-13(8)18(20)21)17-14(19)11-7-9(15)2-4-12(11)16/h2-7H,1H3,(H,17,19). The first-order chi connectivity index (χ1) is 9.88. The number of aryl methyl sites for hydroxylation is 1. The van der Waals surface area contributed by atoms with Crippen molar-refractivity contribution in [2.45, 2.75) is 6.92 Å². The number of nitro groups is 1. The molecule has 0 aliphatic heterocycles. The number of carbonyl (C=O) groups excluding carboxylic acids is 1. The highest BCUT2D eigenvalue weighted by Crippen LogP contribution is 2.23. The number of anilines is 1. The van der Waals surface area contributed by atoms with E-state index in [2.05, 4.69) is 43.8 Å². The van der Waals surface area contributed by atoms with Gasteiger partial charge in [0.15, 0.2) is 0 Å².